The molecule has 113 valence electrons. The third-order valence-corrected chi connectivity index (χ3v) is 4.46. The zero-order valence-corrected chi connectivity index (χ0v) is 14.6. The number of hydrogen-bond acceptors (Lipinski definition) is 1. The van der Waals surface area contributed by atoms with Gasteiger partial charge in [0.25, 0.3) is 0 Å². The second-order valence-electron chi connectivity index (χ2n) is 6.50. The van der Waals surface area contributed by atoms with E-state index in [9.17, 15) is 0 Å². The summed E-state index contributed by atoms with van der Waals surface area (Å²) in [5.74, 6) is 0. The largest absolute Gasteiger partial charge is 0.414 e. The van der Waals surface area contributed by atoms with Crippen molar-refractivity contribution < 1.29 is 4.43 Å². The highest BCUT2D eigenvalue weighted by atomic mass is 28.2. The molecule has 0 bridgehead atoms. The topological polar surface area (TPSA) is 9.23 Å². The first-order valence-corrected chi connectivity index (χ1v) is 8.88. The summed E-state index contributed by atoms with van der Waals surface area (Å²) in [7, 11) is 3.15. The predicted molar refractivity (Wildman–Crippen MR) is 86.6 cm³/mol. The van der Waals surface area contributed by atoms with Crippen molar-refractivity contribution in [3.63, 3.8) is 0 Å². The molecule has 0 heterocycles. The molecule has 0 spiro atoms. The first kappa shape index (κ1) is 19.2. The van der Waals surface area contributed by atoms with Gasteiger partial charge in [0.15, 0.2) is 0 Å². The second kappa shape index (κ2) is 13.2. The second-order valence-corrected chi connectivity index (χ2v) is 6.70. The lowest BCUT2D eigenvalue weighted by Gasteiger charge is -2.22. The molecular weight excluding hydrogens is 248 g/mol. The van der Waals surface area contributed by atoms with Crippen LogP contribution in [0.2, 0.25) is 0 Å². The van der Waals surface area contributed by atoms with E-state index in [1.807, 2.05) is 0 Å². The molecule has 0 unspecified atom stereocenters. The minimum absolute atomic E-state index is 0.00459. The summed E-state index contributed by atoms with van der Waals surface area (Å²) in [4.78, 5) is 0. The molecule has 0 N–H and O–H groups in total. The molecule has 0 aromatic heterocycles. The lowest BCUT2D eigenvalue weighted by atomic mass is 9.99. The fraction of sp³-hybridized carbons (Fsp3) is 1.00. The Balaban J connectivity index is 3.07. The summed E-state index contributed by atoms with van der Waals surface area (Å²) >= 11 is 0. The van der Waals surface area contributed by atoms with Crippen LogP contribution in [0.1, 0.15) is 104 Å². The molecule has 0 fully saturated rings. The van der Waals surface area contributed by atoms with E-state index in [2.05, 4.69) is 31.3 Å². The molecular formula is C17H35OSi. The Hall–Kier alpha value is 0.177. The molecule has 0 aliphatic carbocycles. The van der Waals surface area contributed by atoms with Crippen molar-refractivity contribution in [1.29, 1.82) is 0 Å². The van der Waals surface area contributed by atoms with E-state index in [0.717, 1.165) is 6.42 Å². The highest BCUT2D eigenvalue weighted by Crippen LogP contribution is 2.18. The maximum absolute atomic E-state index is 5.24. The fourth-order valence-electron chi connectivity index (χ4n) is 2.44. The number of unbranched alkanes of at least 4 members (excludes halogenated alkanes) is 11. The molecule has 3 radical (unpaired) electrons. The van der Waals surface area contributed by atoms with Crippen LogP contribution in [0.5, 0.6) is 0 Å². The first-order valence-electron chi connectivity index (χ1n) is 8.47. The highest BCUT2D eigenvalue weighted by Gasteiger charge is 2.14. The lowest BCUT2D eigenvalue weighted by molar-refractivity contribution is 0.109. The Morgan fingerprint density at radius 3 is 1.42 bits per heavy atom. The Labute approximate surface area is 125 Å². The highest BCUT2D eigenvalue weighted by molar-refractivity contribution is 5.98. The van der Waals surface area contributed by atoms with Gasteiger partial charge in [-0.2, -0.15) is 0 Å². The van der Waals surface area contributed by atoms with Gasteiger partial charge in [-0.05, 0) is 20.3 Å². The van der Waals surface area contributed by atoms with Crippen LogP contribution >= 0.6 is 0 Å². The first-order chi connectivity index (χ1) is 9.12. The van der Waals surface area contributed by atoms with Crippen LogP contribution in [-0.2, 0) is 4.43 Å². The predicted octanol–water partition coefficient (Wildman–Crippen LogP) is 5.96. The van der Waals surface area contributed by atoms with Crippen LogP contribution in [-0.4, -0.2) is 16.1 Å². The third-order valence-electron chi connectivity index (χ3n) is 3.91. The SMILES string of the molecule is CCCCCCCCCCCCCCC(C)(C)O[Si]. The fourth-order valence-corrected chi connectivity index (χ4v) is 2.54. The lowest BCUT2D eigenvalue weighted by Crippen LogP contribution is -2.22. The van der Waals surface area contributed by atoms with Gasteiger partial charge < -0.3 is 4.43 Å². The number of hydrogen-bond donors (Lipinski definition) is 0. The van der Waals surface area contributed by atoms with E-state index < -0.39 is 0 Å². The molecule has 0 aliphatic heterocycles. The van der Waals surface area contributed by atoms with Crippen LogP contribution < -0.4 is 0 Å². The molecule has 2 heteroatoms. The zero-order valence-electron chi connectivity index (χ0n) is 13.6. The maximum atomic E-state index is 5.24. The van der Waals surface area contributed by atoms with Crippen LogP contribution in [0.3, 0.4) is 0 Å². The van der Waals surface area contributed by atoms with E-state index in [0.29, 0.717) is 0 Å². The minimum atomic E-state index is -0.00459. The molecule has 0 saturated heterocycles. The van der Waals surface area contributed by atoms with E-state index in [-0.39, 0.29) is 5.60 Å². The summed E-state index contributed by atoms with van der Waals surface area (Å²) in [6.07, 6.45) is 18.1. The van der Waals surface area contributed by atoms with Crippen LogP contribution in [0, 0.1) is 0 Å². The minimum Gasteiger partial charge on any atom is -0.414 e. The van der Waals surface area contributed by atoms with Crippen LogP contribution in [0.4, 0.5) is 0 Å². The van der Waals surface area contributed by atoms with Crippen molar-refractivity contribution >= 4 is 10.5 Å². The Bertz CT molecular complexity index is 180. The molecule has 0 saturated carbocycles. The van der Waals surface area contributed by atoms with Crippen molar-refractivity contribution in [1.82, 2.24) is 0 Å². The van der Waals surface area contributed by atoms with Gasteiger partial charge in [0.1, 0.15) is 0 Å². The molecule has 0 amide bonds. The van der Waals surface area contributed by atoms with E-state index in [1.165, 1.54) is 77.0 Å². The van der Waals surface area contributed by atoms with Crippen molar-refractivity contribution in [2.24, 2.45) is 0 Å². The van der Waals surface area contributed by atoms with Gasteiger partial charge in [-0.3, -0.25) is 0 Å². The van der Waals surface area contributed by atoms with Crippen molar-refractivity contribution in [2.45, 2.75) is 110 Å². The average molecular weight is 284 g/mol. The van der Waals surface area contributed by atoms with E-state index in [4.69, 9.17) is 4.43 Å². The van der Waals surface area contributed by atoms with E-state index in [1.54, 1.807) is 0 Å². The van der Waals surface area contributed by atoms with Gasteiger partial charge in [0.05, 0.1) is 0 Å². The quantitative estimate of drug-likeness (QED) is 0.282. The summed E-state index contributed by atoms with van der Waals surface area (Å²) in [6.45, 7) is 6.56. The van der Waals surface area contributed by atoms with Crippen molar-refractivity contribution in [3.8, 4) is 0 Å². The van der Waals surface area contributed by atoms with Crippen molar-refractivity contribution in [2.75, 3.05) is 0 Å². The van der Waals surface area contributed by atoms with E-state index >= 15 is 0 Å². The van der Waals surface area contributed by atoms with Gasteiger partial charge in [-0.1, -0.05) is 84.0 Å². The average Bonchev–Trinajstić information content (AvgIpc) is 2.40. The monoisotopic (exact) mass is 283 g/mol. The molecule has 0 aliphatic rings. The van der Waals surface area contributed by atoms with Gasteiger partial charge in [-0.15, -0.1) is 0 Å². The van der Waals surface area contributed by atoms with Gasteiger partial charge in [-0.25, -0.2) is 0 Å². The van der Waals surface area contributed by atoms with Gasteiger partial charge in [0.2, 0.25) is 10.5 Å². The molecule has 0 aromatic rings. The standard InChI is InChI=1S/C17H35OSi/c1-4-5-6-7-8-9-10-11-12-13-14-15-16-17(2,3)18-19/h4-16H2,1-3H3. The van der Waals surface area contributed by atoms with Gasteiger partial charge in [0, 0.05) is 5.60 Å². The van der Waals surface area contributed by atoms with Crippen molar-refractivity contribution in [3.05, 3.63) is 0 Å². The summed E-state index contributed by atoms with van der Waals surface area (Å²) < 4.78 is 5.24. The Morgan fingerprint density at radius 2 is 1.05 bits per heavy atom. The third kappa shape index (κ3) is 14.4. The maximum Gasteiger partial charge on any atom is 0.246 e. The summed E-state index contributed by atoms with van der Waals surface area (Å²) in [5.41, 5.74) is -0.00459. The Morgan fingerprint density at radius 1 is 0.684 bits per heavy atom. The molecule has 1 nitrogen and oxygen atoms in total. The van der Waals surface area contributed by atoms with Gasteiger partial charge >= 0.3 is 0 Å². The number of rotatable bonds is 14. The molecule has 19 heavy (non-hydrogen) atoms. The van der Waals surface area contributed by atoms with Crippen LogP contribution in [0.25, 0.3) is 0 Å². The molecule has 0 aromatic carbocycles. The molecule has 0 rings (SSSR count). The van der Waals surface area contributed by atoms with Crippen LogP contribution in [0.15, 0.2) is 0 Å². The Kier molecular flexibility index (Phi) is 13.3. The molecule has 0 atom stereocenters. The zero-order chi connectivity index (χ0) is 14.4. The summed E-state index contributed by atoms with van der Waals surface area (Å²) in [5, 5.41) is 0. The normalized spacial score (nSPS) is 12.0. The smallest absolute Gasteiger partial charge is 0.246 e. The summed E-state index contributed by atoms with van der Waals surface area (Å²) in [6, 6.07) is 0.